The van der Waals surface area contributed by atoms with Crippen molar-refractivity contribution in [1.82, 2.24) is 14.6 Å². The van der Waals surface area contributed by atoms with Crippen LogP contribution in [0, 0.1) is 11.3 Å². The van der Waals surface area contributed by atoms with Crippen molar-refractivity contribution in [2.45, 2.75) is 39.1 Å². The Kier molecular flexibility index (Phi) is 5.40. The molecule has 1 aromatic heterocycles. The maximum Gasteiger partial charge on any atom is 0.242 e. The van der Waals surface area contributed by atoms with Crippen molar-refractivity contribution >= 4 is 10.0 Å². The van der Waals surface area contributed by atoms with Crippen LogP contribution in [0.25, 0.3) is 0 Å². The van der Waals surface area contributed by atoms with Crippen LogP contribution >= 0.6 is 0 Å². The first-order valence-corrected chi connectivity index (χ1v) is 8.35. The van der Waals surface area contributed by atoms with Gasteiger partial charge in [0, 0.05) is 32.0 Å². The average molecular weight is 301 g/mol. The summed E-state index contributed by atoms with van der Waals surface area (Å²) < 4.78 is 29.1. The lowest BCUT2D eigenvalue weighted by Gasteiger charge is -2.27. The van der Waals surface area contributed by atoms with Gasteiger partial charge in [-0.05, 0) is 24.4 Å². The third-order valence-electron chi connectivity index (χ3n) is 3.81. The van der Waals surface area contributed by atoms with Gasteiger partial charge in [-0.15, -0.1) is 0 Å². The van der Waals surface area contributed by atoms with Crippen LogP contribution in [-0.2, 0) is 23.6 Å². The van der Waals surface area contributed by atoms with E-state index in [1.165, 1.54) is 0 Å². The van der Waals surface area contributed by atoms with Crippen LogP contribution < -0.4 is 10.0 Å². The predicted molar refractivity (Wildman–Crippen MR) is 82.0 cm³/mol. The highest BCUT2D eigenvalue weighted by Gasteiger charge is 2.23. The van der Waals surface area contributed by atoms with Crippen LogP contribution in [0.2, 0.25) is 0 Å². The molecule has 116 valence electrons. The second-order valence-electron chi connectivity index (χ2n) is 6.43. The second-order valence-corrected chi connectivity index (χ2v) is 8.19. The number of aromatic nitrogens is 1. The van der Waals surface area contributed by atoms with Crippen molar-refractivity contribution in [2.75, 3.05) is 13.6 Å². The third-order valence-corrected chi connectivity index (χ3v) is 5.20. The molecule has 1 aromatic rings. The van der Waals surface area contributed by atoms with Crippen molar-refractivity contribution in [1.29, 1.82) is 0 Å². The Bertz CT molecular complexity index is 541. The smallest absolute Gasteiger partial charge is 0.242 e. The van der Waals surface area contributed by atoms with Gasteiger partial charge in [-0.3, -0.25) is 0 Å². The molecule has 0 saturated carbocycles. The minimum atomic E-state index is -3.43. The molecule has 5 nitrogen and oxygen atoms in total. The fourth-order valence-corrected chi connectivity index (χ4v) is 2.93. The van der Waals surface area contributed by atoms with Crippen molar-refractivity contribution in [2.24, 2.45) is 18.4 Å². The Morgan fingerprint density at radius 3 is 2.45 bits per heavy atom. The van der Waals surface area contributed by atoms with Crippen molar-refractivity contribution in [3.05, 3.63) is 18.0 Å². The van der Waals surface area contributed by atoms with Gasteiger partial charge in [0.1, 0.15) is 0 Å². The fourth-order valence-electron chi connectivity index (χ4n) is 1.71. The molecular weight excluding hydrogens is 274 g/mol. The first kappa shape index (κ1) is 17.2. The summed E-state index contributed by atoms with van der Waals surface area (Å²) in [4.78, 5) is 0.325. The van der Waals surface area contributed by atoms with E-state index in [1.807, 2.05) is 18.7 Å². The first-order valence-electron chi connectivity index (χ1n) is 6.87. The van der Waals surface area contributed by atoms with E-state index in [1.54, 1.807) is 12.3 Å². The van der Waals surface area contributed by atoms with Crippen LogP contribution in [0.4, 0.5) is 0 Å². The molecule has 1 atom stereocenters. The zero-order chi connectivity index (χ0) is 15.6. The summed E-state index contributed by atoms with van der Waals surface area (Å²) in [6.45, 7) is 9.48. The molecule has 0 saturated heterocycles. The zero-order valence-corrected chi connectivity index (χ0v) is 14.1. The van der Waals surface area contributed by atoms with Gasteiger partial charge in [0.2, 0.25) is 10.0 Å². The number of rotatable bonds is 6. The molecule has 0 aromatic carbocycles. The number of nitrogens with zero attached hydrogens (tertiary/aromatic N) is 1. The van der Waals surface area contributed by atoms with Crippen molar-refractivity contribution in [3.63, 3.8) is 0 Å². The molecule has 0 aliphatic rings. The predicted octanol–water partition coefficient (Wildman–Crippen LogP) is 1.70. The zero-order valence-electron chi connectivity index (χ0n) is 13.3. The average Bonchev–Trinajstić information content (AvgIpc) is 2.68. The summed E-state index contributed by atoms with van der Waals surface area (Å²) in [6, 6.07) is 1.71. The highest BCUT2D eigenvalue weighted by molar-refractivity contribution is 7.89. The van der Waals surface area contributed by atoms with E-state index >= 15 is 0 Å². The lowest BCUT2D eigenvalue weighted by Crippen LogP contribution is -2.33. The van der Waals surface area contributed by atoms with E-state index in [-0.39, 0.29) is 11.3 Å². The Morgan fingerprint density at radius 1 is 1.35 bits per heavy atom. The minimum absolute atomic E-state index is 0.0799. The number of aryl methyl sites for hydroxylation is 1. The molecule has 20 heavy (non-hydrogen) atoms. The van der Waals surface area contributed by atoms with Gasteiger partial charge in [-0.2, -0.15) is 0 Å². The monoisotopic (exact) mass is 301 g/mol. The molecule has 0 radical (unpaired) electrons. The van der Waals surface area contributed by atoms with Gasteiger partial charge < -0.3 is 9.88 Å². The number of hydrogen-bond acceptors (Lipinski definition) is 3. The van der Waals surface area contributed by atoms with Gasteiger partial charge in [0.25, 0.3) is 0 Å². The quantitative estimate of drug-likeness (QED) is 0.841. The lowest BCUT2D eigenvalue weighted by molar-refractivity contribution is 0.263. The van der Waals surface area contributed by atoms with Crippen LogP contribution in [0.1, 0.15) is 33.4 Å². The molecule has 0 amide bonds. The van der Waals surface area contributed by atoms with E-state index in [9.17, 15) is 8.42 Å². The Hall–Kier alpha value is -0.850. The number of nitrogens with one attached hydrogen (secondary N) is 2. The maximum absolute atomic E-state index is 12.3. The van der Waals surface area contributed by atoms with Gasteiger partial charge in [-0.25, -0.2) is 13.1 Å². The highest BCUT2D eigenvalue weighted by Crippen LogP contribution is 2.25. The van der Waals surface area contributed by atoms with Gasteiger partial charge in [0.05, 0.1) is 4.90 Å². The topological polar surface area (TPSA) is 63.1 Å². The van der Waals surface area contributed by atoms with Gasteiger partial charge >= 0.3 is 0 Å². The largest absolute Gasteiger partial charge is 0.352 e. The van der Waals surface area contributed by atoms with E-state index in [4.69, 9.17) is 0 Å². The normalized spacial score (nSPS) is 14.5. The van der Waals surface area contributed by atoms with Crippen LogP contribution in [0.5, 0.6) is 0 Å². The number of hydrogen-bond donors (Lipinski definition) is 2. The third kappa shape index (κ3) is 4.33. The molecule has 0 aliphatic heterocycles. The van der Waals surface area contributed by atoms with E-state index in [0.29, 0.717) is 18.0 Å². The summed E-state index contributed by atoms with van der Waals surface area (Å²) >= 11 is 0. The molecule has 1 heterocycles. The van der Waals surface area contributed by atoms with Crippen LogP contribution in [0.15, 0.2) is 17.2 Å². The summed E-state index contributed by atoms with van der Waals surface area (Å²) in [5.74, 6) is 0.262. The maximum atomic E-state index is 12.3. The van der Waals surface area contributed by atoms with E-state index in [2.05, 4.69) is 37.7 Å². The molecule has 0 bridgehead atoms. The summed E-state index contributed by atoms with van der Waals surface area (Å²) in [6.07, 6.45) is 1.65. The van der Waals surface area contributed by atoms with E-state index in [0.717, 1.165) is 5.69 Å². The SMILES string of the molecule is CNCc1cc(S(=O)(=O)NCC(C)C(C)(C)C)cn1C. The molecule has 0 fully saturated rings. The Balaban J connectivity index is 2.82. The molecule has 6 heteroatoms. The van der Waals surface area contributed by atoms with Crippen LogP contribution in [0.3, 0.4) is 0 Å². The summed E-state index contributed by atoms with van der Waals surface area (Å²) in [5.41, 5.74) is 1.02. The molecular formula is C14H27N3O2S. The van der Waals surface area contributed by atoms with Crippen molar-refractivity contribution in [3.8, 4) is 0 Å². The fraction of sp³-hybridized carbons (Fsp3) is 0.714. The molecule has 0 spiro atoms. The standard InChI is InChI=1S/C14H27N3O2S/c1-11(14(2,3)4)8-16-20(18,19)13-7-12(9-15-5)17(6)10-13/h7,10-11,15-16H,8-9H2,1-6H3. The highest BCUT2D eigenvalue weighted by atomic mass is 32.2. The second kappa shape index (κ2) is 6.28. The first-order chi connectivity index (χ1) is 9.08. The van der Waals surface area contributed by atoms with Crippen molar-refractivity contribution < 1.29 is 8.42 Å². The lowest BCUT2D eigenvalue weighted by atomic mass is 9.82. The molecule has 1 unspecified atom stereocenters. The van der Waals surface area contributed by atoms with Gasteiger partial charge in [0.15, 0.2) is 0 Å². The summed E-state index contributed by atoms with van der Waals surface area (Å²) in [7, 11) is 0.254. The van der Waals surface area contributed by atoms with Gasteiger partial charge in [-0.1, -0.05) is 27.7 Å². The molecule has 0 aliphatic carbocycles. The Morgan fingerprint density at radius 2 is 1.95 bits per heavy atom. The number of sulfonamides is 1. The van der Waals surface area contributed by atoms with E-state index < -0.39 is 10.0 Å². The molecule has 2 N–H and O–H groups in total. The Labute approximate surface area is 122 Å². The summed E-state index contributed by atoms with van der Waals surface area (Å²) in [5, 5.41) is 3.02. The van der Waals surface area contributed by atoms with Crippen LogP contribution in [-0.4, -0.2) is 26.6 Å². The molecule has 1 rings (SSSR count). The minimum Gasteiger partial charge on any atom is -0.352 e.